The first kappa shape index (κ1) is 11.5. The quantitative estimate of drug-likeness (QED) is 0.832. The summed E-state index contributed by atoms with van der Waals surface area (Å²) < 4.78 is 0. The molecule has 2 N–H and O–H groups in total. The number of nitrogens with zero attached hydrogens (tertiary/aromatic N) is 2. The van der Waals surface area contributed by atoms with Gasteiger partial charge >= 0.3 is 0 Å². The largest absolute Gasteiger partial charge is 0.324 e. The first-order chi connectivity index (χ1) is 7.58. The van der Waals surface area contributed by atoms with Crippen molar-refractivity contribution in [3.8, 4) is 0 Å². The van der Waals surface area contributed by atoms with Crippen molar-refractivity contribution in [1.29, 1.82) is 0 Å². The summed E-state index contributed by atoms with van der Waals surface area (Å²) >= 11 is 0. The lowest BCUT2D eigenvalue weighted by Crippen LogP contribution is -2.11. The van der Waals surface area contributed by atoms with Gasteiger partial charge in [-0.05, 0) is 39.0 Å². The molecule has 0 aliphatic heterocycles. The SMILES string of the molecule is Cc1nc(C2CCC(C)C2)ncc1C(C)N. The zero-order valence-corrected chi connectivity index (χ0v) is 10.4. The van der Waals surface area contributed by atoms with Crippen molar-refractivity contribution in [1.82, 2.24) is 9.97 Å². The molecule has 1 aromatic rings. The molecule has 0 saturated heterocycles. The van der Waals surface area contributed by atoms with Gasteiger partial charge in [0.05, 0.1) is 0 Å². The van der Waals surface area contributed by atoms with Gasteiger partial charge in [0.2, 0.25) is 0 Å². The molecule has 1 aliphatic rings. The first-order valence-electron chi connectivity index (χ1n) is 6.17. The van der Waals surface area contributed by atoms with Crippen molar-refractivity contribution >= 4 is 0 Å². The Hall–Kier alpha value is -0.960. The highest BCUT2D eigenvalue weighted by atomic mass is 14.9. The van der Waals surface area contributed by atoms with E-state index in [0.29, 0.717) is 5.92 Å². The standard InChI is InChI=1S/C13H21N3/c1-8-4-5-11(6-8)13-15-7-12(9(2)14)10(3)16-13/h7-9,11H,4-6,14H2,1-3H3. The number of hydrogen-bond donors (Lipinski definition) is 1. The van der Waals surface area contributed by atoms with E-state index in [1.807, 2.05) is 20.0 Å². The van der Waals surface area contributed by atoms with Gasteiger partial charge in [-0.25, -0.2) is 9.97 Å². The molecule has 0 amide bonds. The molecule has 0 aromatic carbocycles. The summed E-state index contributed by atoms with van der Waals surface area (Å²) in [4.78, 5) is 9.11. The average molecular weight is 219 g/mol. The van der Waals surface area contributed by atoms with Gasteiger partial charge in [0.1, 0.15) is 5.82 Å². The molecule has 16 heavy (non-hydrogen) atoms. The van der Waals surface area contributed by atoms with E-state index in [1.165, 1.54) is 19.3 Å². The van der Waals surface area contributed by atoms with Gasteiger partial charge in [0.15, 0.2) is 0 Å². The van der Waals surface area contributed by atoms with E-state index in [2.05, 4.69) is 16.9 Å². The van der Waals surface area contributed by atoms with E-state index in [0.717, 1.165) is 23.0 Å². The molecule has 3 nitrogen and oxygen atoms in total. The van der Waals surface area contributed by atoms with Crippen LogP contribution in [-0.2, 0) is 0 Å². The van der Waals surface area contributed by atoms with E-state index < -0.39 is 0 Å². The van der Waals surface area contributed by atoms with Crippen molar-refractivity contribution in [2.45, 2.75) is 52.0 Å². The van der Waals surface area contributed by atoms with Crippen LogP contribution in [0.15, 0.2) is 6.20 Å². The molecule has 88 valence electrons. The molecule has 1 aliphatic carbocycles. The van der Waals surface area contributed by atoms with Gasteiger partial charge in [-0.3, -0.25) is 0 Å². The molecule has 0 radical (unpaired) electrons. The highest BCUT2D eigenvalue weighted by Crippen LogP contribution is 2.36. The van der Waals surface area contributed by atoms with Crippen LogP contribution < -0.4 is 5.73 Å². The van der Waals surface area contributed by atoms with Gasteiger partial charge in [0, 0.05) is 29.4 Å². The Kier molecular flexibility index (Phi) is 3.24. The Morgan fingerprint density at radius 2 is 2.19 bits per heavy atom. The second-order valence-corrected chi connectivity index (χ2v) is 5.17. The summed E-state index contributed by atoms with van der Waals surface area (Å²) in [6.07, 6.45) is 5.68. The van der Waals surface area contributed by atoms with Crippen molar-refractivity contribution in [3.63, 3.8) is 0 Å². The van der Waals surface area contributed by atoms with Gasteiger partial charge in [0.25, 0.3) is 0 Å². The minimum absolute atomic E-state index is 0.0246. The lowest BCUT2D eigenvalue weighted by molar-refractivity contribution is 0.583. The Morgan fingerprint density at radius 3 is 2.69 bits per heavy atom. The molecule has 1 aromatic heterocycles. The first-order valence-corrected chi connectivity index (χ1v) is 6.17. The van der Waals surface area contributed by atoms with E-state index in [9.17, 15) is 0 Å². The molecule has 3 unspecified atom stereocenters. The third-order valence-electron chi connectivity index (χ3n) is 3.59. The molecular formula is C13H21N3. The van der Waals surface area contributed by atoms with Crippen molar-refractivity contribution in [2.75, 3.05) is 0 Å². The molecule has 1 saturated carbocycles. The topological polar surface area (TPSA) is 51.8 Å². The third kappa shape index (κ3) is 2.24. The smallest absolute Gasteiger partial charge is 0.131 e. The summed E-state index contributed by atoms with van der Waals surface area (Å²) in [7, 11) is 0. The maximum Gasteiger partial charge on any atom is 0.131 e. The van der Waals surface area contributed by atoms with E-state index >= 15 is 0 Å². The molecule has 3 atom stereocenters. The minimum atomic E-state index is 0.0246. The minimum Gasteiger partial charge on any atom is -0.324 e. The van der Waals surface area contributed by atoms with E-state index in [1.54, 1.807) is 0 Å². The summed E-state index contributed by atoms with van der Waals surface area (Å²) in [6, 6.07) is 0.0246. The second-order valence-electron chi connectivity index (χ2n) is 5.17. The van der Waals surface area contributed by atoms with Crippen LogP contribution in [0.5, 0.6) is 0 Å². The molecule has 3 heteroatoms. The van der Waals surface area contributed by atoms with Gasteiger partial charge < -0.3 is 5.73 Å². The predicted molar refractivity (Wildman–Crippen MR) is 65.1 cm³/mol. The molecule has 1 heterocycles. The fourth-order valence-electron chi connectivity index (χ4n) is 2.58. The van der Waals surface area contributed by atoms with Crippen molar-refractivity contribution in [3.05, 3.63) is 23.3 Å². The van der Waals surface area contributed by atoms with Gasteiger partial charge in [-0.15, -0.1) is 0 Å². The number of nitrogens with two attached hydrogens (primary N) is 1. The fraction of sp³-hybridized carbons (Fsp3) is 0.692. The second kappa shape index (κ2) is 4.50. The Morgan fingerprint density at radius 1 is 1.44 bits per heavy atom. The number of hydrogen-bond acceptors (Lipinski definition) is 3. The van der Waals surface area contributed by atoms with E-state index in [4.69, 9.17) is 5.73 Å². The van der Waals surface area contributed by atoms with Crippen LogP contribution in [0.4, 0.5) is 0 Å². The summed E-state index contributed by atoms with van der Waals surface area (Å²) in [5, 5.41) is 0. The zero-order chi connectivity index (χ0) is 11.7. The van der Waals surface area contributed by atoms with Crippen LogP contribution in [0.2, 0.25) is 0 Å². The Balaban J connectivity index is 2.21. The third-order valence-corrected chi connectivity index (χ3v) is 3.59. The molecule has 1 fully saturated rings. The van der Waals surface area contributed by atoms with Crippen LogP contribution in [0.1, 0.15) is 62.2 Å². The number of aromatic nitrogens is 2. The number of aryl methyl sites for hydroxylation is 1. The number of rotatable bonds is 2. The zero-order valence-electron chi connectivity index (χ0n) is 10.4. The van der Waals surface area contributed by atoms with E-state index in [-0.39, 0.29) is 6.04 Å². The monoisotopic (exact) mass is 219 g/mol. The fourth-order valence-corrected chi connectivity index (χ4v) is 2.58. The highest BCUT2D eigenvalue weighted by molar-refractivity contribution is 5.20. The summed E-state index contributed by atoms with van der Waals surface area (Å²) in [5.41, 5.74) is 7.97. The normalized spacial score (nSPS) is 27.0. The molecular weight excluding hydrogens is 198 g/mol. The Bertz CT molecular complexity index is 373. The highest BCUT2D eigenvalue weighted by Gasteiger charge is 2.25. The molecule has 2 rings (SSSR count). The van der Waals surface area contributed by atoms with Crippen LogP contribution in [0, 0.1) is 12.8 Å². The molecule has 0 bridgehead atoms. The van der Waals surface area contributed by atoms with Crippen molar-refractivity contribution in [2.24, 2.45) is 11.7 Å². The van der Waals surface area contributed by atoms with Crippen LogP contribution >= 0.6 is 0 Å². The van der Waals surface area contributed by atoms with Crippen molar-refractivity contribution < 1.29 is 0 Å². The van der Waals surface area contributed by atoms with Crippen LogP contribution in [0.25, 0.3) is 0 Å². The lowest BCUT2D eigenvalue weighted by atomic mass is 10.0. The predicted octanol–water partition coefficient (Wildman–Crippen LogP) is 2.71. The van der Waals surface area contributed by atoms with Crippen LogP contribution in [-0.4, -0.2) is 9.97 Å². The molecule has 0 spiro atoms. The lowest BCUT2D eigenvalue weighted by Gasteiger charge is -2.13. The van der Waals surface area contributed by atoms with Crippen LogP contribution in [0.3, 0.4) is 0 Å². The maximum atomic E-state index is 5.86. The van der Waals surface area contributed by atoms with Gasteiger partial charge in [-0.1, -0.05) is 6.92 Å². The summed E-state index contributed by atoms with van der Waals surface area (Å²) in [5.74, 6) is 2.41. The van der Waals surface area contributed by atoms with Gasteiger partial charge in [-0.2, -0.15) is 0 Å². The average Bonchev–Trinajstić information content (AvgIpc) is 2.64. The maximum absolute atomic E-state index is 5.86. The Labute approximate surface area is 97.5 Å². The summed E-state index contributed by atoms with van der Waals surface area (Å²) in [6.45, 7) is 6.31.